The van der Waals surface area contributed by atoms with E-state index >= 15 is 0 Å². The summed E-state index contributed by atoms with van der Waals surface area (Å²) in [5.74, 6) is 0.223. The number of hydrogen-bond donors (Lipinski definition) is 2. The minimum Gasteiger partial charge on any atom is -0.565 e. The second kappa shape index (κ2) is 8.63. The van der Waals surface area contributed by atoms with Crippen LogP contribution in [0, 0.1) is 5.92 Å². The van der Waals surface area contributed by atoms with Crippen molar-refractivity contribution in [3.63, 3.8) is 0 Å². The van der Waals surface area contributed by atoms with Crippen LogP contribution in [-0.2, 0) is 4.79 Å². The summed E-state index contributed by atoms with van der Waals surface area (Å²) < 4.78 is 0. The van der Waals surface area contributed by atoms with E-state index < -0.39 is 5.97 Å². The molecule has 0 spiro atoms. The predicted octanol–water partition coefficient (Wildman–Crippen LogP) is 2.61. The van der Waals surface area contributed by atoms with Crippen LogP contribution >= 0.6 is 0 Å². The predicted molar refractivity (Wildman–Crippen MR) is 102 cm³/mol. The standard InChI is InChI=1S/C21H30N2O2/c1-15(13-16-5-3-2-4-6-16)19-14-20(19)23-18-9-7-17(8-10-18)22-12-11-21(24)25/h2-6,13,17-20,22-23H,7-12,14H2,1H3,(H,24,25)/p+1/b15-13+. The molecule has 4 N–H and O–H groups in total. The van der Waals surface area contributed by atoms with Crippen LogP contribution in [0.5, 0.6) is 0 Å². The van der Waals surface area contributed by atoms with E-state index in [0.717, 1.165) is 0 Å². The Morgan fingerprint density at radius 2 is 1.84 bits per heavy atom. The molecule has 4 heteroatoms. The van der Waals surface area contributed by atoms with Gasteiger partial charge in [0.1, 0.15) is 6.42 Å². The van der Waals surface area contributed by atoms with Gasteiger partial charge in [0.2, 0.25) is 0 Å². The van der Waals surface area contributed by atoms with Crippen LogP contribution < -0.4 is 10.6 Å². The molecule has 4 nitrogen and oxygen atoms in total. The second-order valence-corrected chi connectivity index (χ2v) is 7.59. The third-order valence-corrected chi connectivity index (χ3v) is 5.53. The number of carbonyl (C=O) groups excluding carboxylic acids is 1. The van der Waals surface area contributed by atoms with Gasteiger partial charge in [-0.1, -0.05) is 42.0 Å². The lowest BCUT2D eigenvalue weighted by molar-refractivity contribution is -0.136. The van der Waals surface area contributed by atoms with Gasteiger partial charge in [-0.2, -0.15) is 0 Å². The average molecular weight is 343 g/mol. The van der Waals surface area contributed by atoms with E-state index in [4.69, 9.17) is 5.11 Å². The molecule has 1 aromatic carbocycles. The Morgan fingerprint density at radius 1 is 1.16 bits per heavy atom. The zero-order chi connectivity index (χ0) is 17.6. The van der Waals surface area contributed by atoms with E-state index in [1.807, 2.05) is 0 Å². The van der Waals surface area contributed by atoms with Gasteiger partial charge in [-0.25, -0.2) is 0 Å². The molecule has 2 aliphatic carbocycles. The van der Waals surface area contributed by atoms with Crippen LogP contribution in [0.4, 0.5) is 0 Å². The molecule has 2 saturated carbocycles. The van der Waals surface area contributed by atoms with E-state index in [-0.39, 0.29) is 0 Å². The summed E-state index contributed by atoms with van der Waals surface area (Å²) in [6, 6.07) is 12.4. The Labute approximate surface area is 150 Å². The molecule has 0 aliphatic heterocycles. The molecule has 25 heavy (non-hydrogen) atoms. The summed E-state index contributed by atoms with van der Waals surface area (Å²) in [4.78, 5) is 10.7. The highest BCUT2D eigenvalue weighted by Crippen LogP contribution is 2.39. The summed E-state index contributed by atoms with van der Waals surface area (Å²) in [5.41, 5.74) is 2.78. The molecule has 0 heterocycles. The molecule has 3 rings (SSSR count). The molecule has 0 radical (unpaired) electrons. The number of benzene rings is 1. The van der Waals surface area contributed by atoms with Gasteiger partial charge in [-0.3, -0.25) is 0 Å². The Bertz CT molecular complexity index is 591. The molecule has 2 aliphatic rings. The average Bonchev–Trinajstić information content (AvgIpc) is 3.36. The highest BCUT2D eigenvalue weighted by molar-refractivity contribution is 5.66. The first kappa shape index (κ1) is 18.2. The molecule has 0 bridgehead atoms. The molecule has 136 valence electrons. The van der Waals surface area contributed by atoms with Gasteiger partial charge in [0.15, 0.2) is 0 Å². The maximum absolute atomic E-state index is 10.7. The number of carbonyl (C=O) groups is 1. The monoisotopic (exact) mass is 343 g/mol. The van der Waals surface area contributed by atoms with E-state index in [9.17, 15) is 4.79 Å². The summed E-state index contributed by atoms with van der Waals surface area (Å²) in [6.45, 7) is 2.91. The summed E-state index contributed by atoms with van der Waals surface area (Å²) in [7, 11) is 0. The van der Waals surface area contributed by atoms with Crippen molar-refractivity contribution in [2.75, 3.05) is 6.54 Å². The molecule has 0 aromatic heterocycles. The molecular weight excluding hydrogens is 312 g/mol. The first-order valence-corrected chi connectivity index (χ1v) is 9.59. The van der Waals surface area contributed by atoms with Crippen molar-refractivity contribution in [1.82, 2.24) is 10.6 Å². The molecule has 0 amide bonds. The van der Waals surface area contributed by atoms with Crippen LogP contribution in [-0.4, -0.2) is 35.7 Å². The molecule has 2 fully saturated rings. The van der Waals surface area contributed by atoms with Crippen molar-refractivity contribution < 1.29 is 9.90 Å². The van der Waals surface area contributed by atoms with Crippen LogP contribution in [0.3, 0.4) is 0 Å². The van der Waals surface area contributed by atoms with Crippen LogP contribution in [0.15, 0.2) is 35.9 Å². The van der Waals surface area contributed by atoms with Crippen molar-refractivity contribution in [3.8, 4) is 0 Å². The van der Waals surface area contributed by atoms with Gasteiger partial charge in [-0.05, 0) is 50.5 Å². The first-order chi connectivity index (χ1) is 12.1. The molecule has 0 saturated heterocycles. The Morgan fingerprint density at radius 3 is 2.52 bits per heavy atom. The van der Waals surface area contributed by atoms with Crippen LogP contribution in [0.1, 0.15) is 51.0 Å². The van der Waals surface area contributed by atoms with Gasteiger partial charge < -0.3 is 15.7 Å². The SMILES string of the molecule is C/C(=C\c1ccccc1)C1CC1NC1CCC(NCCC(=O)[OH2+])CC1. The van der Waals surface area contributed by atoms with Gasteiger partial charge >= 0.3 is 5.97 Å². The molecule has 2 atom stereocenters. The number of hydrogen-bond acceptors (Lipinski definition) is 3. The Balaban J connectivity index is 1.36. The highest BCUT2D eigenvalue weighted by atomic mass is 16.4. The molecule has 2 unspecified atom stereocenters. The first-order valence-electron chi connectivity index (χ1n) is 9.59. The summed E-state index contributed by atoms with van der Waals surface area (Å²) >= 11 is 0. The van der Waals surface area contributed by atoms with Crippen LogP contribution in [0.25, 0.3) is 6.08 Å². The highest BCUT2D eigenvalue weighted by Gasteiger charge is 2.39. The fraction of sp³-hybridized carbons (Fsp3) is 0.571. The number of nitrogens with one attached hydrogen (secondary N) is 2. The van der Waals surface area contributed by atoms with Gasteiger partial charge in [0, 0.05) is 29.5 Å². The maximum atomic E-state index is 10.7. The van der Waals surface area contributed by atoms with Crippen LogP contribution in [0.2, 0.25) is 0 Å². The topological polar surface area (TPSA) is 64.0 Å². The minimum absolute atomic E-state index is 0.328. The van der Waals surface area contributed by atoms with Gasteiger partial charge in [0.25, 0.3) is 0 Å². The third kappa shape index (κ3) is 5.68. The molecule has 1 aromatic rings. The van der Waals surface area contributed by atoms with E-state index in [1.165, 1.54) is 43.2 Å². The fourth-order valence-electron chi connectivity index (χ4n) is 3.96. The van der Waals surface area contributed by atoms with E-state index in [1.54, 1.807) is 0 Å². The summed E-state index contributed by atoms with van der Waals surface area (Å²) in [6.07, 6.45) is 8.66. The second-order valence-electron chi connectivity index (χ2n) is 7.59. The van der Waals surface area contributed by atoms with Crippen molar-refractivity contribution in [2.24, 2.45) is 5.92 Å². The normalized spacial score (nSPS) is 29.4. The van der Waals surface area contributed by atoms with Gasteiger partial charge in [0.05, 0.1) is 0 Å². The Hall–Kier alpha value is -1.65. The smallest absolute Gasteiger partial charge is 0.517 e. The fourth-order valence-corrected chi connectivity index (χ4v) is 3.96. The van der Waals surface area contributed by atoms with E-state index in [2.05, 4.69) is 54.0 Å². The van der Waals surface area contributed by atoms with E-state index in [0.29, 0.717) is 37.0 Å². The van der Waals surface area contributed by atoms with Crippen molar-refractivity contribution in [2.45, 2.75) is 63.6 Å². The largest absolute Gasteiger partial charge is 0.565 e. The lowest BCUT2D eigenvalue weighted by atomic mass is 9.91. The van der Waals surface area contributed by atoms with Crippen molar-refractivity contribution in [1.29, 1.82) is 0 Å². The third-order valence-electron chi connectivity index (χ3n) is 5.53. The lowest BCUT2D eigenvalue weighted by Crippen LogP contribution is -2.41. The molecular formula is C21H31N2O2+. The van der Waals surface area contributed by atoms with Gasteiger partial charge in [-0.15, -0.1) is 0 Å². The minimum atomic E-state index is -0.471. The zero-order valence-corrected chi connectivity index (χ0v) is 15.1. The Kier molecular flexibility index (Phi) is 6.27. The number of rotatable bonds is 8. The van der Waals surface area contributed by atoms with Crippen molar-refractivity contribution >= 4 is 12.0 Å². The quantitative estimate of drug-likeness (QED) is 0.713. The lowest BCUT2D eigenvalue weighted by Gasteiger charge is -2.30. The maximum Gasteiger partial charge on any atom is 0.517 e. The summed E-state index contributed by atoms with van der Waals surface area (Å²) in [5, 5.41) is 14.2. The zero-order valence-electron chi connectivity index (χ0n) is 15.1. The van der Waals surface area contributed by atoms with Crippen molar-refractivity contribution in [3.05, 3.63) is 41.5 Å².